The number of benzene rings is 1. The summed E-state index contributed by atoms with van der Waals surface area (Å²) in [6, 6.07) is 12.2. The van der Waals surface area contributed by atoms with Gasteiger partial charge in [-0.2, -0.15) is 0 Å². The van der Waals surface area contributed by atoms with E-state index in [-0.39, 0.29) is 11.9 Å². The third-order valence-electron chi connectivity index (χ3n) is 7.95. The topological polar surface area (TPSA) is 72.9 Å². The molecule has 6 rings (SSSR count). The Hall–Kier alpha value is -3.36. The molecule has 8 heteroatoms. The number of aromatic nitrogens is 1. The van der Waals surface area contributed by atoms with E-state index in [4.69, 9.17) is 4.98 Å². The molecule has 1 aliphatic carbocycles. The molecular weight excluding hydrogens is 492 g/mol. The molecule has 38 heavy (non-hydrogen) atoms. The van der Waals surface area contributed by atoms with Crippen molar-refractivity contribution in [3.8, 4) is 0 Å². The number of nitrogens with one attached hydrogen (secondary N) is 2. The molecule has 0 radical (unpaired) electrons. The standard InChI is InChI=1S/C30H34N6OS/c1-20-7-8-21(15-27(20)38-3)29(37)32-18-23-16-26-22(17-31-23)9-10-25(35(26)2)24-5-4-6-28(34-24)36-14-13-33-30(19-36)11-12-30/h4-10,15-17,26,33H,11-14,18-19H2,1-3H3,(H,32,37). The van der Waals surface area contributed by atoms with E-state index in [9.17, 15) is 4.79 Å². The van der Waals surface area contributed by atoms with E-state index < -0.39 is 0 Å². The molecule has 2 aromatic rings. The summed E-state index contributed by atoms with van der Waals surface area (Å²) in [4.78, 5) is 28.3. The number of fused-ring (bicyclic) bond motifs is 1. The van der Waals surface area contributed by atoms with Crippen molar-refractivity contribution in [2.24, 2.45) is 4.99 Å². The highest BCUT2D eigenvalue weighted by Crippen LogP contribution is 2.38. The van der Waals surface area contributed by atoms with Crippen LogP contribution in [0.4, 0.5) is 5.82 Å². The Balaban J connectivity index is 1.15. The normalized spacial score (nSPS) is 21.4. The number of hydrogen-bond acceptors (Lipinski definition) is 7. The monoisotopic (exact) mass is 526 g/mol. The highest BCUT2D eigenvalue weighted by atomic mass is 32.2. The van der Waals surface area contributed by atoms with E-state index in [0.717, 1.165) is 53.0 Å². The maximum absolute atomic E-state index is 12.8. The summed E-state index contributed by atoms with van der Waals surface area (Å²) >= 11 is 1.65. The van der Waals surface area contributed by atoms with Crippen molar-refractivity contribution in [2.45, 2.75) is 36.2 Å². The number of aryl methyl sites for hydroxylation is 1. The summed E-state index contributed by atoms with van der Waals surface area (Å²) in [7, 11) is 2.10. The van der Waals surface area contributed by atoms with Crippen LogP contribution in [0.5, 0.6) is 0 Å². The second-order valence-corrected chi connectivity index (χ2v) is 11.4. The molecule has 1 atom stereocenters. The van der Waals surface area contributed by atoms with Gasteiger partial charge in [0.1, 0.15) is 5.82 Å². The first kappa shape index (κ1) is 24.9. The summed E-state index contributed by atoms with van der Waals surface area (Å²) in [5, 5.41) is 6.72. The highest BCUT2D eigenvalue weighted by molar-refractivity contribution is 7.98. The van der Waals surface area contributed by atoms with Crippen molar-refractivity contribution in [3.05, 3.63) is 82.7 Å². The zero-order valence-electron chi connectivity index (χ0n) is 22.2. The van der Waals surface area contributed by atoms with Crippen LogP contribution in [-0.4, -0.2) is 73.1 Å². The van der Waals surface area contributed by atoms with Crippen LogP contribution in [0.2, 0.25) is 0 Å². The van der Waals surface area contributed by atoms with Gasteiger partial charge in [0.15, 0.2) is 0 Å². The van der Waals surface area contributed by atoms with Crippen LogP contribution >= 0.6 is 11.8 Å². The third-order valence-corrected chi connectivity index (χ3v) is 8.83. The van der Waals surface area contributed by atoms with Crippen molar-refractivity contribution in [3.63, 3.8) is 0 Å². The lowest BCUT2D eigenvalue weighted by Crippen LogP contribution is -2.52. The molecule has 3 aliphatic heterocycles. The number of anilines is 1. The first-order chi connectivity index (χ1) is 18.4. The number of pyridine rings is 1. The van der Waals surface area contributed by atoms with Gasteiger partial charge >= 0.3 is 0 Å². The fraction of sp³-hybridized carbons (Fsp3) is 0.367. The average Bonchev–Trinajstić information content (AvgIpc) is 3.70. The Morgan fingerprint density at radius 2 is 2.11 bits per heavy atom. The van der Waals surface area contributed by atoms with Crippen molar-refractivity contribution >= 4 is 35.4 Å². The van der Waals surface area contributed by atoms with Crippen molar-refractivity contribution in [2.75, 3.05) is 44.4 Å². The molecule has 1 unspecified atom stereocenters. The number of thioether (sulfide) groups is 1. The Kier molecular flexibility index (Phi) is 6.61. The van der Waals surface area contributed by atoms with Gasteiger partial charge in [-0.25, -0.2) is 4.98 Å². The van der Waals surface area contributed by atoms with Gasteiger partial charge in [-0.1, -0.05) is 18.2 Å². The Labute approximate surface area is 228 Å². The van der Waals surface area contributed by atoms with Crippen LogP contribution in [0.3, 0.4) is 0 Å². The van der Waals surface area contributed by atoms with Crippen molar-refractivity contribution < 1.29 is 4.79 Å². The second-order valence-electron chi connectivity index (χ2n) is 10.6. The summed E-state index contributed by atoms with van der Waals surface area (Å²) < 4.78 is 0. The zero-order valence-corrected chi connectivity index (χ0v) is 23.0. The minimum atomic E-state index is -0.0859. The van der Waals surface area contributed by atoms with Gasteiger partial charge in [-0.15, -0.1) is 11.8 Å². The first-order valence-corrected chi connectivity index (χ1v) is 14.5. The van der Waals surface area contributed by atoms with Gasteiger partial charge in [-0.05, 0) is 73.6 Å². The molecule has 2 fully saturated rings. The number of rotatable bonds is 6. The Bertz CT molecular complexity index is 1390. The fourth-order valence-electron chi connectivity index (χ4n) is 5.46. The van der Waals surface area contributed by atoms with Gasteiger partial charge in [0.25, 0.3) is 5.91 Å². The lowest BCUT2D eigenvalue weighted by molar-refractivity contribution is 0.0956. The third kappa shape index (κ3) is 4.90. The average molecular weight is 527 g/mol. The predicted molar refractivity (Wildman–Crippen MR) is 156 cm³/mol. The number of piperazine rings is 1. The number of allylic oxidation sites excluding steroid dienone is 2. The van der Waals surface area contributed by atoms with Crippen LogP contribution in [0.15, 0.2) is 75.8 Å². The predicted octanol–water partition coefficient (Wildman–Crippen LogP) is 4.03. The largest absolute Gasteiger partial charge is 0.362 e. The van der Waals surface area contributed by atoms with Gasteiger partial charge in [-0.3, -0.25) is 9.79 Å². The van der Waals surface area contributed by atoms with Gasteiger partial charge < -0.3 is 20.4 Å². The van der Waals surface area contributed by atoms with E-state index in [0.29, 0.717) is 17.6 Å². The number of amides is 1. The maximum Gasteiger partial charge on any atom is 0.251 e. The van der Waals surface area contributed by atoms with Crippen LogP contribution in [0.1, 0.15) is 34.5 Å². The quantitative estimate of drug-likeness (QED) is 0.554. The molecule has 1 saturated carbocycles. The van der Waals surface area contributed by atoms with Crippen LogP contribution < -0.4 is 15.5 Å². The lowest BCUT2D eigenvalue weighted by Gasteiger charge is -2.36. The zero-order chi connectivity index (χ0) is 26.3. The molecule has 0 bridgehead atoms. The number of carbonyl (C=O) groups is 1. The summed E-state index contributed by atoms with van der Waals surface area (Å²) in [5.74, 6) is 0.960. The number of nitrogens with zero attached hydrogens (tertiary/aromatic N) is 4. The highest BCUT2D eigenvalue weighted by Gasteiger charge is 2.45. The van der Waals surface area contributed by atoms with Gasteiger partial charge in [0.05, 0.1) is 29.7 Å². The minimum Gasteiger partial charge on any atom is -0.362 e. The van der Waals surface area contributed by atoms with E-state index in [1.807, 2.05) is 30.7 Å². The van der Waals surface area contributed by atoms with Crippen LogP contribution in [0.25, 0.3) is 5.70 Å². The molecule has 1 saturated heterocycles. The molecule has 7 nitrogen and oxygen atoms in total. The fourth-order valence-corrected chi connectivity index (χ4v) is 6.09. The van der Waals surface area contributed by atoms with Crippen molar-refractivity contribution in [1.82, 2.24) is 20.5 Å². The Morgan fingerprint density at radius 1 is 1.24 bits per heavy atom. The SMILES string of the molecule is CSc1cc(C(=O)NCC2=CC3C(=CC=C(c4cccc(N5CCNC6(CC6)C5)n4)N3C)C=N2)ccc1C. The van der Waals surface area contributed by atoms with Gasteiger partial charge in [0, 0.05) is 48.9 Å². The first-order valence-electron chi connectivity index (χ1n) is 13.2. The number of aliphatic imine (C=N–C) groups is 1. The van der Waals surface area contributed by atoms with E-state index >= 15 is 0 Å². The van der Waals surface area contributed by atoms with E-state index in [1.165, 1.54) is 18.4 Å². The molecule has 2 N–H and O–H groups in total. The molecule has 1 spiro atoms. The maximum atomic E-state index is 12.8. The van der Waals surface area contributed by atoms with E-state index in [1.54, 1.807) is 11.8 Å². The molecule has 1 aromatic carbocycles. The lowest BCUT2D eigenvalue weighted by atomic mass is 9.97. The summed E-state index contributed by atoms with van der Waals surface area (Å²) in [6.07, 6.45) is 12.8. The van der Waals surface area contributed by atoms with Crippen LogP contribution in [0, 0.1) is 6.92 Å². The molecule has 1 aromatic heterocycles. The molecule has 4 aliphatic rings. The number of carbonyl (C=O) groups excluding carboxylic acids is 1. The van der Waals surface area contributed by atoms with Crippen molar-refractivity contribution in [1.29, 1.82) is 0 Å². The molecule has 1 amide bonds. The van der Waals surface area contributed by atoms with Gasteiger partial charge in [0.2, 0.25) is 0 Å². The number of hydrogen-bond donors (Lipinski definition) is 2. The molecule has 4 heterocycles. The summed E-state index contributed by atoms with van der Waals surface area (Å²) in [5.41, 5.74) is 6.19. The van der Waals surface area contributed by atoms with E-state index in [2.05, 4.69) is 75.8 Å². The summed E-state index contributed by atoms with van der Waals surface area (Å²) in [6.45, 7) is 5.46. The minimum absolute atomic E-state index is 0.0428. The number of likely N-dealkylation sites (N-methyl/N-ethyl adjacent to an activating group) is 1. The molecular formula is C30H34N6OS. The smallest absolute Gasteiger partial charge is 0.251 e. The Morgan fingerprint density at radius 3 is 2.92 bits per heavy atom. The van der Waals surface area contributed by atoms with Crippen LogP contribution in [-0.2, 0) is 0 Å². The molecule has 196 valence electrons. The second kappa shape index (κ2) is 10.1.